The van der Waals surface area contributed by atoms with Crippen LogP contribution in [0.3, 0.4) is 0 Å². The van der Waals surface area contributed by atoms with Gasteiger partial charge in [-0.15, -0.1) is 0 Å². The predicted molar refractivity (Wildman–Crippen MR) is 111 cm³/mol. The Balaban J connectivity index is 1.36. The molecule has 146 valence electrons. The average molecular weight is 377 g/mol. The molecule has 5 heteroatoms. The molecule has 1 heterocycles. The summed E-state index contributed by atoms with van der Waals surface area (Å²) in [6, 6.07) is 19.5. The Morgan fingerprint density at radius 3 is 2.64 bits per heavy atom. The summed E-state index contributed by atoms with van der Waals surface area (Å²) in [7, 11) is 2.08. The molecule has 0 fully saturated rings. The van der Waals surface area contributed by atoms with Crippen LogP contribution in [0.5, 0.6) is 0 Å². The number of carbonyl (C=O) groups is 1. The third-order valence-corrected chi connectivity index (χ3v) is 4.81. The Labute approximate surface area is 166 Å². The molecule has 0 radical (unpaired) electrons. The maximum absolute atomic E-state index is 11.1. The van der Waals surface area contributed by atoms with Crippen molar-refractivity contribution in [3.05, 3.63) is 77.5 Å². The number of rotatable bonds is 10. The van der Waals surface area contributed by atoms with E-state index in [1.165, 1.54) is 5.69 Å². The molecule has 3 rings (SSSR count). The fourth-order valence-corrected chi connectivity index (χ4v) is 3.31. The highest BCUT2D eigenvalue weighted by molar-refractivity contribution is 5.87. The van der Waals surface area contributed by atoms with Crippen LogP contribution in [0.4, 0.5) is 0 Å². The lowest BCUT2D eigenvalue weighted by molar-refractivity contribution is 0.0696. The van der Waals surface area contributed by atoms with E-state index in [9.17, 15) is 4.79 Å². The number of benzene rings is 2. The minimum atomic E-state index is -0.876. The Hall–Kier alpha value is -2.92. The van der Waals surface area contributed by atoms with Crippen LogP contribution in [0.15, 0.2) is 60.7 Å². The average Bonchev–Trinajstić information content (AvgIpc) is 3.17. The van der Waals surface area contributed by atoms with E-state index in [4.69, 9.17) is 5.11 Å². The van der Waals surface area contributed by atoms with Crippen LogP contribution in [-0.2, 0) is 13.0 Å². The van der Waals surface area contributed by atoms with E-state index in [0.29, 0.717) is 5.56 Å². The molecule has 0 aliphatic rings. The number of nitrogens with one attached hydrogen (secondary N) is 1. The number of aryl methyl sites for hydroxylation is 1. The van der Waals surface area contributed by atoms with Crippen molar-refractivity contribution in [2.45, 2.75) is 32.2 Å². The van der Waals surface area contributed by atoms with Gasteiger partial charge in [-0.1, -0.05) is 48.9 Å². The van der Waals surface area contributed by atoms with Gasteiger partial charge < -0.3 is 10.0 Å². The Kier molecular flexibility index (Phi) is 6.98. The summed E-state index contributed by atoms with van der Waals surface area (Å²) >= 11 is 0. The zero-order valence-corrected chi connectivity index (χ0v) is 16.3. The van der Waals surface area contributed by atoms with Crippen LogP contribution >= 0.6 is 0 Å². The monoisotopic (exact) mass is 377 g/mol. The van der Waals surface area contributed by atoms with Crippen molar-refractivity contribution in [2.75, 3.05) is 13.6 Å². The summed E-state index contributed by atoms with van der Waals surface area (Å²) in [6.45, 7) is 1.76. The van der Waals surface area contributed by atoms with Gasteiger partial charge in [0.05, 0.1) is 11.3 Å². The number of aromatic amines is 1. The topological polar surface area (TPSA) is 69.2 Å². The highest BCUT2D eigenvalue weighted by atomic mass is 16.4. The first kappa shape index (κ1) is 19.8. The number of aromatic nitrogens is 2. The number of carboxylic acids is 1. The molecule has 0 aliphatic carbocycles. The Morgan fingerprint density at radius 1 is 1.04 bits per heavy atom. The second-order valence-corrected chi connectivity index (χ2v) is 7.20. The standard InChI is InChI=1S/C23H27N3O2/c1-26(17-18-9-8-12-20(15-18)23(27)28)14-7-3-6-13-21-16-22(25-24-21)19-10-4-2-5-11-19/h2,4-5,8-12,15-16H,3,6-7,13-14,17H2,1H3,(H,24,25)(H,27,28). The second kappa shape index (κ2) is 9.85. The number of nitrogens with zero attached hydrogens (tertiary/aromatic N) is 2. The molecule has 5 nitrogen and oxygen atoms in total. The zero-order valence-electron chi connectivity index (χ0n) is 16.3. The molecule has 0 atom stereocenters. The molecule has 0 aliphatic heterocycles. The van der Waals surface area contributed by atoms with Gasteiger partial charge in [-0.2, -0.15) is 5.10 Å². The van der Waals surface area contributed by atoms with E-state index >= 15 is 0 Å². The van der Waals surface area contributed by atoms with E-state index in [0.717, 1.165) is 55.6 Å². The van der Waals surface area contributed by atoms with Crippen molar-refractivity contribution < 1.29 is 9.90 Å². The van der Waals surface area contributed by atoms with E-state index in [1.54, 1.807) is 18.2 Å². The molecular formula is C23H27N3O2. The number of hydrogen-bond acceptors (Lipinski definition) is 3. The molecular weight excluding hydrogens is 350 g/mol. The fraction of sp³-hybridized carbons (Fsp3) is 0.304. The van der Waals surface area contributed by atoms with Gasteiger partial charge in [-0.05, 0) is 56.6 Å². The molecule has 28 heavy (non-hydrogen) atoms. The van der Waals surface area contributed by atoms with Crippen molar-refractivity contribution in [3.8, 4) is 11.3 Å². The number of H-pyrrole nitrogens is 1. The summed E-state index contributed by atoms with van der Waals surface area (Å²) in [5.41, 5.74) is 4.70. The SMILES string of the molecule is CN(CCCCCc1cc(-c2ccccc2)n[nH]1)Cc1cccc(C(=O)O)c1. The lowest BCUT2D eigenvalue weighted by Gasteiger charge is -2.16. The lowest BCUT2D eigenvalue weighted by atomic mass is 10.1. The van der Waals surface area contributed by atoms with Crippen molar-refractivity contribution in [1.82, 2.24) is 15.1 Å². The number of unbranched alkanes of at least 4 members (excludes halogenated alkanes) is 2. The summed E-state index contributed by atoms with van der Waals surface area (Å²) < 4.78 is 0. The number of aromatic carboxylic acids is 1. The minimum Gasteiger partial charge on any atom is -0.478 e. The Bertz CT molecular complexity index is 890. The van der Waals surface area contributed by atoms with Crippen LogP contribution in [-0.4, -0.2) is 39.8 Å². The van der Waals surface area contributed by atoms with Gasteiger partial charge in [0.2, 0.25) is 0 Å². The first-order valence-corrected chi connectivity index (χ1v) is 9.72. The van der Waals surface area contributed by atoms with E-state index in [2.05, 4.69) is 40.3 Å². The third-order valence-electron chi connectivity index (χ3n) is 4.81. The van der Waals surface area contributed by atoms with Gasteiger partial charge in [-0.3, -0.25) is 5.10 Å². The van der Waals surface area contributed by atoms with Gasteiger partial charge in [-0.25, -0.2) is 4.79 Å². The molecule has 0 unspecified atom stereocenters. The van der Waals surface area contributed by atoms with Crippen LogP contribution in [0.25, 0.3) is 11.3 Å². The third kappa shape index (κ3) is 5.79. The molecule has 3 aromatic rings. The van der Waals surface area contributed by atoms with Gasteiger partial charge >= 0.3 is 5.97 Å². The van der Waals surface area contributed by atoms with Gasteiger partial charge in [0.1, 0.15) is 0 Å². The molecule has 0 amide bonds. The summed E-state index contributed by atoms with van der Waals surface area (Å²) in [5, 5.41) is 16.6. The van der Waals surface area contributed by atoms with Crippen LogP contribution < -0.4 is 0 Å². The molecule has 2 aromatic carbocycles. The maximum Gasteiger partial charge on any atom is 0.335 e. The molecule has 0 saturated heterocycles. The normalized spacial score (nSPS) is 11.1. The summed E-state index contributed by atoms with van der Waals surface area (Å²) in [5.74, 6) is -0.876. The maximum atomic E-state index is 11.1. The molecule has 2 N–H and O–H groups in total. The van der Waals surface area contributed by atoms with Crippen molar-refractivity contribution in [2.24, 2.45) is 0 Å². The van der Waals surface area contributed by atoms with Gasteiger partial charge in [0, 0.05) is 17.8 Å². The molecule has 0 bridgehead atoms. The fourth-order valence-electron chi connectivity index (χ4n) is 3.31. The largest absolute Gasteiger partial charge is 0.478 e. The second-order valence-electron chi connectivity index (χ2n) is 7.20. The minimum absolute atomic E-state index is 0.348. The quantitative estimate of drug-likeness (QED) is 0.506. The summed E-state index contributed by atoms with van der Waals surface area (Å²) in [4.78, 5) is 13.3. The molecule has 0 saturated carbocycles. The molecule has 1 aromatic heterocycles. The predicted octanol–water partition coefficient (Wildman–Crippen LogP) is 4.62. The smallest absolute Gasteiger partial charge is 0.335 e. The Morgan fingerprint density at radius 2 is 1.86 bits per heavy atom. The highest BCUT2D eigenvalue weighted by Crippen LogP contribution is 2.18. The van der Waals surface area contributed by atoms with Gasteiger partial charge in [0.25, 0.3) is 0 Å². The van der Waals surface area contributed by atoms with Crippen molar-refractivity contribution >= 4 is 5.97 Å². The van der Waals surface area contributed by atoms with Crippen LogP contribution in [0.1, 0.15) is 40.9 Å². The first-order chi connectivity index (χ1) is 13.6. The van der Waals surface area contributed by atoms with Gasteiger partial charge in [0.15, 0.2) is 0 Å². The molecule has 0 spiro atoms. The number of carboxylic acid groups (broad SMARTS) is 1. The lowest BCUT2D eigenvalue weighted by Crippen LogP contribution is -2.19. The van der Waals surface area contributed by atoms with E-state index in [-0.39, 0.29) is 0 Å². The van der Waals surface area contributed by atoms with Crippen molar-refractivity contribution in [1.29, 1.82) is 0 Å². The highest BCUT2D eigenvalue weighted by Gasteiger charge is 2.06. The first-order valence-electron chi connectivity index (χ1n) is 9.72. The zero-order chi connectivity index (χ0) is 19.8. The number of hydrogen-bond donors (Lipinski definition) is 2. The van der Waals surface area contributed by atoms with Crippen LogP contribution in [0.2, 0.25) is 0 Å². The van der Waals surface area contributed by atoms with E-state index < -0.39 is 5.97 Å². The van der Waals surface area contributed by atoms with E-state index in [1.807, 2.05) is 24.3 Å². The van der Waals surface area contributed by atoms with Crippen LogP contribution in [0, 0.1) is 0 Å². The van der Waals surface area contributed by atoms with Crippen molar-refractivity contribution in [3.63, 3.8) is 0 Å². The summed E-state index contributed by atoms with van der Waals surface area (Å²) in [6.07, 6.45) is 4.40.